The molecule has 1 aliphatic rings. The molecule has 0 aromatic rings. The first-order chi connectivity index (χ1) is 6.29. The molecule has 1 saturated carbocycles. The molecule has 0 aliphatic heterocycles. The lowest BCUT2D eigenvalue weighted by atomic mass is 9.94. The van der Waals surface area contributed by atoms with Crippen LogP contribution in [0.1, 0.15) is 32.1 Å². The molecule has 2 N–H and O–H groups in total. The summed E-state index contributed by atoms with van der Waals surface area (Å²) in [6, 6.07) is 0.501. The molecule has 3 heteroatoms. The SMILES string of the molecule is CN(C(CO)CO)C1CCCCC1. The predicted molar refractivity (Wildman–Crippen MR) is 52.6 cm³/mol. The van der Waals surface area contributed by atoms with E-state index in [1.54, 1.807) is 0 Å². The molecule has 1 rings (SSSR count). The highest BCUT2D eigenvalue weighted by atomic mass is 16.3. The van der Waals surface area contributed by atoms with Crippen LogP contribution in [0.4, 0.5) is 0 Å². The van der Waals surface area contributed by atoms with Crippen molar-refractivity contribution in [3.63, 3.8) is 0 Å². The third kappa shape index (κ3) is 2.93. The van der Waals surface area contributed by atoms with Gasteiger partial charge in [-0.25, -0.2) is 0 Å². The number of hydrogen-bond acceptors (Lipinski definition) is 3. The second-order valence-corrected chi connectivity index (χ2v) is 3.98. The minimum Gasteiger partial charge on any atom is -0.395 e. The Morgan fingerprint density at radius 2 is 1.69 bits per heavy atom. The number of hydrogen-bond donors (Lipinski definition) is 2. The monoisotopic (exact) mass is 187 g/mol. The first-order valence-corrected chi connectivity index (χ1v) is 5.23. The fourth-order valence-corrected chi connectivity index (χ4v) is 2.10. The maximum atomic E-state index is 9.03. The minimum atomic E-state index is -0.0666. The van der Waals surface area contributed by atoms with Gasteiger partial charge in [-0.3, -0.25) is 4.90 Å². The van der Waals surface area contributed by atoms with Gasteiger partial charge in [0.05, 0.1) is 19.3 Å². The summed E-state index contributed by atoms with van der Waals surface area (Å²) >= 11 is 0. The molecule has 78 valence electrons. The van der Waals surface area contributed by atoms with E-state index in [0.717, 1.165) is 0 Å². The number of aliphatic hydroxyl groups excluding tert-OH is 2. The van der Waals surface area contributed by atoms with Crippen molar-refractivity contribution in [2.45, 2.75) is 44.2 Å². The molecule has 0 atom stereocenters. The molecule has 0 aromatic heterocycles. The summed E-state index contributed by atoms with van der Waals surface area (Å²) in [7, 11) is 2.01. The Labute approximate surface area is 80.4 Å². The molecular weight excluding hydrogens is 166 g/mol. The molecule has 13 heavy (non-hydrogen) atoms. The van der Waals surface area contributed by atoms with E-state index in [1.165, 1.54) is 32.1 Å². The lowest BCUT2D eigenvalue weighted by Gasteiger charge is -2.35. The molecule has 0 heterocycles. The van der Waals surface area contributed by atoms with E-state index < -0.39 is 0 Å². The lowest BCUT2D eigenvalue weighted by Crippen LogP contribution is -2.45. The molecule has 0 spiro atoms. The van der Waals surface area contributed by atoms with Crippen LogP contribution in [-0.4, -0.2) is 47.5 Å². The van der Waals surface area contributed by atoms with E-state index in [1.807, 2.05) is 7.05 Å². The predicted octanol–water partition coefficient (Wildman–Crippen LogP) is 0.604. The van der Waals surface area contributed by atoms with Crippen LogP contribution in [0.5, 0.6) is 0 Å². The highest BCUT2D eigenvalue weighted by Crippen LogP contribution is 2.22. The zero-order valence-electron chi connectivity index (χ0n) is 8.45. The zero-order chi connectivity index (χ0) is 9.68. The van der Waals surface area contributed by atoms with Crippen LogP contribution in [0, 0.1) is 0 Å². The fourth-order valence-electron chi connectivity index (χ4n) is 2.10. The quantitative estimate of drug-likeness (QED) is 0.677. The van der Waals surface area contributed by atoms with E-state index >= 15 is 0 Å². The number of aliphatic hydroxyl groups is 2. The van der Waals surface area contributed by atoms with Gasteiger partial charge in [0, 0.05) is 6.04 Å². The van der Waals surface area contributed by atoms with E-state index in [9.17, 15) is 0 Å². The van der Waals surface area contributed by atoms with Gasteiger partial charge < -0.3 is 10.2 Å². The van der Waals surface area contributed by atoms with Crippen molar-refractivity contribution in [1.29, 1.82) is 0 Å². The van der Waals surface area contributed by atoms with Crippen molar-refractivity contribution in [3.05, 3.63) is 0 Å². The average molecular weight is 187 g/mol. The second-order valence-electron chi connectivity index (χ2n) is 3.98. The molecule has 0 amide bonds. The smallest absolute Gasteiger partial charge is 0.0609 e. The standard InChI is InChI=1S/C10H21NO2/c1-11(10(7-12)8-13)9-5-3-2-4-6-9/h9-10,12-13H,2-8H2,1H3. The summed E-state index contributed by atoms with van der Waals surface area (Å²) < 4.78 is 0. The normalized spacial score (nSPS) is 20.1. The summed E-state index contributed by atoms with van der Waals surface area (Å²) in [4.78, 5) is 2.14. The Morgan fingerprint density at radius 1 is 1.15 bits per heavy atom. The van der Waals surface area contributed by atoms with E-state index in [2.05, 4.69) is 4.90 Å². The van der Waals surface area contributed by atoms with Crippen molar-refractivity contribution in [2.75, 3.05) is 20.3 Å². The summed E-state index contributed by atoms with van der Waals surface area (Å²) in [6.07, 6.45) is 6.35. The van der Waals surface area contributed by atoms with E-state index in [4.69, 9.17) is 10.2 Å². The van der Waals surface area contributed by atoms with Crippen LogP contribution >= 0.6 is 0 Å². The average Bonchev–Trinajstić information content (AvgIpc) is 2.21. The molecule has 0 unspecified atom stereocenters. The van der Waals surface area contributed by atoms with Crippen LogP contribution in [-0.2, 0) is 0 Å². The van der Waals surface area contributed by atoms with E-state index in [0.29, 0.717) is 6.04 Å². The van der Waals surface area contributed by atoms with Crippen LogP contribution in [0.3, 0.4) is 0 Å². The van der Waals surface area contributed by atoms with Gasteiger partial charge in [0.15, 0.2) is 0 Å². The van der Waals surface area contributed by atoms with Crippen LogP contribution in [0.15, 0.2) is 0 Å². The van der Waals surface area contributed by atoms with Crippen LogP contribution in [0.2, 0.25) is 0 Å². The Hall–Kier alpha value is -0.120. The molecule has 3 nitrogen and oxygen atoms in total. The fraction of sp³-hybridized carbons (Fsp3) is 1.00. The molecule has 0 aromatic carbocycles. The molecule has 0 saturated heterocycles. The van der Waals surface area contributed by atoms with Gasteiger partial charge in [-0.2, -0.15) is 0 Å². The highest BCUT2D eigenvalue weighted by Gasteiger charge is 2.23. The zero-order valence-corrected chi connectivity index (χ0v) is 8.45. The third-order valence-corrected chi connectivity index (χ3v) is 3.15. The summed E-state index contributed by atoms with van der Waals surface area (Å²) in [5.41, 5.74) is 0. The first kappa shape index (κ1) is 11.0. The van der Waals surface area contributed by atoms with Gasteiger partial charge in [0.2, 0.25) is 0 Å². The maximum Gasteiger partial charge on any atom is 0.0609 e. The van der Waals surface area contributed by atoms with E-state index in [-0.39, 0.29) is 19.3 Å². The van der Waals surface area contributed by atoms with Crippen LogP contribution in [0.25, 0.3) is 0 Å². The van der Waals surface area contributed by atoms with Gasteiger partial charge in [-0.05, 0) is 19.9 Å². The van der Waals surface area contributed by atoms with Gasteiger partial charge in [0.1, 0.15) is 0 Å². The van der Waals surface area contributed by atoms with Crippen molar-refractivity contribution in [3.8, 4) is 0 Å². The largest absolute Gasteiger partial charge is 0.395 e. The Balaban J connectivity index is 2.38. The molecular formula is C10H21NO2. The van der Waals surface area contributed by atoms with Gasteiger partial charge in [0.25, 0.3) is 0 Å². The number of likely N-dealkylation sites (N-methyl/N-ethyl adjacent to an activating group) is 1. The Morgan fingerprint density at radius 3 is 2.15 bits per heavy atom. The topological polar surface area (TPSA) is 43.7 Å². The van der Waals surface area contributed by atoms with Crippen molar-refractivity contribution in [1.82, 2.24) is 4.90 Å². The second kappa shape index (κ2) is 5.58. The third-order valence-electron chi connectivity index (χ3n) is 3.15. The van der Waals surface area contributed by atoms with Crippen molar-refractivity contribution >= 4 is 0 Å². The Kier molecular flexibility index (Phi) is 4.70. The summed E-state index contributed by atoms with van der Waals surface area (Å²) in [6.45, 7) is 0.118. The van der Waals surface area contributed by atoms with Gasteiger partial charge >= 0.3 is 0 Å². The van der Waals surface area contributed by atoms with Crippen molar-refractivity contribution < 1.29 is 10.2 Å². The van der Waals surface area contributed by atoms with Gasteiger partial charge in [-0.15, -0.1) is 0 Å². The molecule has 1 aliphatic carbocycles. The molecule has 0 bridgehead atoms. The Bertz CT molecular complexity index is 131. The lowest BCUT2D eigenvalue weighted by molar-refractivity contribution is 0.0512. The molecule has 1 fully saturated rings. The maximum absolute atomic E-state index is 9.03. The van der Waals surface area contributed by atoms with Gasteiger partial charge in [-0.1, -0.05) is 19.3 Å². The summed E-state index contributed by atoms with van der Waals surface area (Å²) in [5, 5.41) is 18.1. The number of rotatable bonds is 4. The molecule has 0 radical (unpaired) electrons. The minimum absolute atomic E-state index is 0.0590. The summed E-state index contributed by atoms with van der Waals surface area (Å²) in [5.74, 6) is 0. The highest BCUT2D eigenvalue weighted by molar-refractivity contribution is 4.78. The van der Waals surface area contributed by atoms with Crippen molar-refractivity contribution in [2.24, 2.45) is 0 Å². The first-order valence-electron chi connectivity index (χ1n) is 5.23. The van der Waals surface area contributed by atoms with Crippen LogP contribution < -0.4 is 0 Å². The number of nitrogens with zero attached hydrogens (tertiary/aromatic N) is 1.